The van der Waals surface area contributed by atoms with Crippen molar-refractivity contribution in [1.29, 1.82) is 0 Å². The zero-order valence-electron chi connectivity index (χ0n) is 15.1. The van der Waals surface area contributed by atoms with Crippen LogP contribution < -0.4 is 18.9 Å². The van der Waals surface area contributed by atoms with Crippen LogP contribution in [0.4, 0.5) is 0 Å². The molecule has 0 fully saturated rings. The largest absolute Gasteiger partial charge is 0.497 e. The molecule has 0 amide bonds. The molecule has 0 aromatic heterocycles. The maximum atomic E-state index is 12.1. The third kappa shape index (κ3) is 4.63. The predicted octanol–water partition coefficient (Wildman–Crippen LogP) is 3.53. The first-order valence-corrected chi connectivity index (χ1v) is 7.79. The second-order valence-corrected chi connectivity index (χ2v) is 5.28. The highest BCUT2D eigenvalue weighted by Crippen LogP contribution is 2.29. The fourth-order valence-corrected chi connectivity index (χ4v) is 2.24. The summed E-state index contributed by atoms with van der Waals surface area (Å²) in [5, 5.41) is 0. The second kappa shape index (κ2) is 8.71. The van der Waals surface area contributed by atoms with E-state index in [0.717, 1.165) is 0 Å². The van der Waals surface area contributed by atoms with Crippen LogP contribution in [-0.2, 0) is 4.79 Å². The van der Waals surface area contributed by atoms with Crippen molar-refractivity contribution in [2.45, 2.75) is 6.92 Å². The number of Topliss-reactive ketones (excluding diaryl/α,β-unsaturated/α-hetero) is 1. The maximum Gasteiger partial charge on any atom is 0.336 e. The Morgan fingerprint density at radius 2 is 1.54 bits per heavy atom. The Kier molecular flexibility index (Phi) is 6.38. The highest BCUT2D eigenvalue weighted by molar-refractivity contribution is 5.95. The summed E-state index contributed by atoms with van der Waals surface area (Å²) >= 11 is 0. The Labute approximate surface area is 151 Å². The van der Waals surface area contributed by atoms with E-state index in [2.05, 4.69) is 0 Å². The standard InChI is InChI=1S/C20H20O6/c1-13(21)14-5-8-18(19(12-14)25-4)26-20(22)10-6-15-11-16(23-2)7-9-17(15)24-3/h5-12H,1-4H3/b10-6+. The van der Waals surface area contributed by atoms with Crippen LogP contribution in [0.15, 0.2) is 42.5 Å². The van der Waals surface area contributed by atoms with Crippen LogP contribution in [0.5, 0.6) is 23.0 Å². The highest BCUT2D eigenvalue weighted by Gasteiger charge is 2.11. The van der Waals surface area contributed by atoms with Crippen molar-refractivity contribution in [2.75, 3.05) is 21.3 Å². The molecule has 0 atom stereocenters. The third-order valence-electron chi connectivity index (χ3n) is 3.62. The smallest absolute Gasteiger partial charge is 0.336 e. The van der Waals surface area contributed by atoms with E-state index in [9.17, 15) is 9.59 Å². The molecule has 136 valence electrons. The van der Waals surface area contributed by atoms with Gasteiger partial charge in [0.15, 0.2) is 17.3 Å². The van der Waals surface area contributed by atoms with Gasteiger partial charge in [0.1, 0.15) is 11.5 Å². The van der Waals surface area contributed by atoms with Gasteiger partial charge in [-0.3, -0.25) is 4.79 Å². The molecule has 0 saturated heterocycles. The fraction of sp³-hybridized carbons (Fsp3) is 0.200. The number of rotatable bonds is 7. The Morgan fingerprint density at radius 3 is 2.15 bits per heavy atom. The van der Waals surface area contributed by atoms with Gasteiger partial charge in [-0.05, 0) is 49.4 Å². The number of esters is 1. The van der Waals surface area contributed by atoms with E-state index in [4.69, 9.17) is 18.9 Å². The minimum Gasteiger partial charge on any atom is -0.497 e. The van der Waals surface area contributed by atoms with Gasteiger partial charge in [0.05, 0.1) is 21.3 Å². The minimum atomic E-state index is -0.594. The maximum absolute atomic E-state index is 12.1. The van der Waals surface area contributed by atoms with E-state index in [1.807, 2.05) is 0 Å². The third-order valence-corrected chi connectivity index (χ3v) is 3.62. The van der Waals surface area contributed by atoms with Crippen molar-refractivity contribution < 1.29 is 28.5 Å². The quantitative estimate of drug-likeness (QED) is 0.327. The van der Waals surface area contributed by atoms with E-state index < -0.39 is 5.97 Å². The lowest BCUT2D eigenvalue weighted by atomic mass is 10.1. The molecule has 2 rings (SSSR count). The van der Waals surface area contributed by atoms with E-state index in [0.29, 0.717) is 28.4 Å². The van der Waals surface area contributed by atoms with Crippen LogP contribution in [0.3, 0.4) is 0 Å². The number of benzene rings is 2. The molecule has 26 heavy (non-hydrogen) atoms. The van der Waals surface area contributed by atoms with Gasteiger partial charge in [0, 0.05) is 17.2 Å². The van der Waals surface area contributed by atoms with Crippen molar-refractivity contribution in [1.82, 2.24) is 0 Å². The molecule has 0 radical (unpaired) electrons. The predicted molar refractivity (Wildman–Crippen MR) is 97.2 cm³/mol. The molecule has 2 aromatic rings. The van der Waals surface area contributed by atoms with Gasteiger partial charge < -0.3 is 18.9 Å². The normalized spacial score (nSPS) is 10.5. The van der Waals surface area contributed by atoms with Crippen LogP contribution in [0.1, 0.15) is 22.8 Å². The van der Waals surface area contributed by atoms with Crippen LogP contribution in [0.2, 0.25) is 0 Å². The van der Waals surface area contributed by atoms with Gasteiger partial charge in [-0.1, -0.05) is 0 Å². The molecular formula is C20H20O6. The zero-order chi connectivity index (χ0) is 19.1. The molecular weight excluding hydrogens is 336 g/mol. The molecule has 0 bridgehead atoms. The Bertz CT molecular complexity index is 838. The average Bonchev–Trinajstić information content (AvgIpc) is 2.66. The molecule has 6 nitrogen and oxygen atoms in total. The van der Waals surface area contributed by atoms with E-state index in [-0.39, 0.29) is 11.5 Å². The van der Waals surface area contributed by atoms with Gasteiger partial charge >= 0.3 is 5.97 Å². The molecule has 0 heterocycles. The summed E-state index contributed by atoms with van der Waals surface area (Å²) in [6.45, 7) is 1.45. The molecule has 0 aliphatic carbocycles. The van der Waals surface area contributed by atoms with Crippen molar-refractivity contribution in [3.63, 3.8) is 0 Å². The number of ketones is 1. The van der Waals surface area contributed by atoms with Gasteiger partial charge in [0.25, 0.3) is 0 Å². The van der Waals surface area contributed by atoms with Gasteiger partial charge in [0.2, 0.25) is 0 Å². The highest BCUT2D eigenvalue weighted by atomic mass is 16.6. The Morgan fingerprint density at radius 1 is 0.846 bits per heavy atom. The molecule has 0 spiro atoms. The number of hydrogen-bond donors (Lipinski definition) is 0. The number of carbonyl (C=O) groups excluding carboxylic acids is 2. The van der Waals surface area contributed by atoms with Crippen molar-refractivity contribution in [2.24, 2.45) is 0 Å². The lowest BCUT2D eigenvalue weighted by Crippen LogP contribution is -2.06. The topological polar surface area (TPSA) is 71.1 Å². The lowest BCUT2D eigenvalue weighted by Gasteiger charge is -2.09. The SMILES string of the molecule is COc1ccc(OC)c(/C=C/C(=O)Oc2ccc(C(C)=O)cc2OC)c1. The number of hydrogen-bond acceptors (Lipinski definition) is 6. The van der Waals surface area contributed by atoms with Gasteiger partial charge in [-0.2, -0.15) is 0 Å². The van der Waals surface area contributed by atoms with Crippen LogP contribution in [-0.4, -0.2) is 33.1 Å². The molecule has 0 aliphatic heterocycles. The van der Waals surface area contributed by atoms with Crippen LogP contribution in [0, 0.1) is 0 Å². The molecule has 0 unspecified atom stereocenters. The minimum absolute atomic E-state index is 0.105. The first-order valence-electron chi connectivity index (χ1n) is 7.79. The number of ether oxygens (including phenoxy) is 4. The number of carbonyl (C=O) groups is 2. The number of methoxy groups -OCH3 is 3. The molecule has 6 heteroatoms. The second-order valence-electron chi connectivity index (χ2n) is 5.28. The van der Waals surface area contributed by atoms with E-state index in [1.165, 1.54) is 32.2 Å². The summed E-state index contributed by atoms with van der Waals surface area (Å²) in [7, 11) is 4.53. The van der Waals surface area contributed by atoms with Gasteiger partial charge in [-0.15, -0.1) is 0 Å². The van der Waals surface area contributed by atoms with Crippen molar-refractivity contribution in [3.05, 3.63) is 53.6 Å². The van der Waals surface area contributed by atoms with E-state index >= 15 is 0 Å². The Balaban J connectivity index is 2.19. The molecule has 0 N–H and O–H groups in total. The van der Waals surface area contributed by atoms with Crippen molar-refractivity contribution >= 4 is 17.8 Å². The summed E-state index contributed by atoms with van der Waals surface area (Å²) < 4.78 is 20.9. The molecule has 0 saturated carbocycles. The van der Waals surface area contributed by atoms with Crippen LogP contribution >= 0.6 is 0 Å². The summed E-state index contributed by atoms with van der Waals surface area (Å²) in [4.78, 5) is 23.5. The summed E-state index contributed by atoms with van der Waals surface area (Å²) in [6.07, 6.45) is 2.84. The Hall–Kier alpha value is -3.28. The summed E-state index contributed by atoms with van der Waals surface area (Å²) in [5.41, 5.74) is 1.14. The first kappa shape index (κ1) is 19.1. The lowest BCUT2D eigenvalue weighted by molar-refractivity contribution is -0.129. The van der Waals surface area contributed by atoms with E-state index in [1.54, 1.807) is 44.6 Å². The summed E-state index contributed by atoms with van der Waals surface area (Å²) in [5.74, 6) is 1.07. The average molecular weight is 356 g/mol. The first-order chi connectivity index (χ1) is 12.5. The van der Waals surface area contributed by atoms with Crippen molar-refractivity contribution in [3.8, 4) is 23.0 Å². The molecule has 0 aliphatic rings. The van der Waals surface area contributed by atoms with Crippen LogP contribution in [0.25, 0.3) is 6.08 Å². The van der Waals surface area contributed by atoms with Gasteiger partial charge in [-0.25, -0.2) is 4.79 Å². The monoisotopic (exact) mass is 356 g/mol. The summed E-state index contributed by atoms with van der Waals surface area (Å²) in [6, 6.07) is 9.86. The zero-order valence-corrected chi connectivity index (χ0v) is 15.1. The fourth-order valence-electron chi connectivity index (χ4n) is 2.24. The molecule has 2 aromatic carbocycles.